The summed E-state index contributed by atoms with van der Waals surface area (Å²) in [5.74, 6) is -0.298. The fourth-order valence-electron chi connectivity index (χ4n) is 0.825. The fraction of sp³-hybridized carbons (Fsp3) is 0.125. The van der Waals surface area contributed by atoms with Gasteiger partial charge in [0.25, 0.3) is 0 Å². The third-order valence-electron chi connectivity index (χ3n) is 1.32. The van der Waals surface area contributed by atoms with Crippen molar-refractivity contribution in [3.8, 4) is 5.75 Å². The van der Waals surface area contributed by atoms with Crippen LogP contribution in [0.1, 0.15) is 0 Å². The van der Waals surface area contributed by atoms with E-state index in [0.717, 1.165) is 0 Å². The second-order valence-corrected chi connectivity index (χ2v) is 3.60. The van der Waals surface area contributed by atoms with E-state index in [1.807, 2.05) is 0 Å². The zero-order chi connectivity index (χ0) is 11.5. The van der Waals surface area contributed by atoms with E-state index in [0.29, 0.717) is 10.2 Å². The molecule has 0 atom stereocenters. The van der Waals surface area contributed by atoms with Crippen molar-refractivity contribution in [3.05, 3.63) is 22.7 Å². The molecule has 0 heterocycles. The molecule has 0 N–H and O–H groups in total. The molecule has 0 aliphatic heterocycles. The van der Waals surface area contributed by atoms with Gasteiger partial charge in [-0.25, -0.2) is 0 Å². The summed E-state index contributed by atoms with van der Waals surface area (Å²) in [6.07, 6.45) is -4.69. The number of halogens is 4. The molecule has 0 amide bonds. The van der Waals surface area contributed by atoms with Crippen molar-refractivity contribution in [3.63, 3.8) is 0 Å². The van der Waals surface area contributed by atoms with Crippen molar-refractivity contribution < 1.29 is 17.9 Å². The van der Waals surface area contributed by atoms with Gasteiger partial charge >= 0.3 is 99.6 Å². The first-order valence-corrected chi connectivity index (χ1v) is 5.20. The number of nitrogens with zero attached hydrogens (tertiary/aromatic N) is 1. The van der Waals surface area contributed by atoms with E-state index in [9.17, 15) is 13.2 Å². The molecule has 7 heteroatoms. The van der Waals surface area contributed by atoms with Gasteiger partial charge in [-0.2, -0.15) is 0 Å². The molecule has 0 saturated heterocycles. The van der Waals surface area contributed by atoms with Crippen molar-refractivity contribution >= 4 is 41.9 Å². The zero-order valence-corrected chi connectivity index (χ0v) is 10.3. The SMILES string of the molecule is FC(F)(F)Oc1ccc(N=C=[Se])c(Br)c1. The van der Waals surface area contributed by atoms with Gasteiger partial charge in [-0.1, -0.05) is 0 Å². The molecule has 80 valence electrons. The van der Waals surface area contributed by atoms with E-state index in [1.165, 1.54) is 18.2 Å². The normalized spacial score (nSPS) is 10.7. The Hall–Kier alpha value is -0.611. The van der Waals surface area contributed by atoms with Crippen LogP contribution in [0.15, 0.2) is 27.7 Å². The minimum absolute atomic E-state index is 0.298. The molecule has 1 rings (SSSR count). The summed E-state index contributed by atoms with van der Waals surface area (Å²) in [4.78, 5) is 3.75. The molecule has 0 aliphatic carbocycles. The fourth-order valence-corrected chi connectivity index (χ4v) is 1.48. The molecule has 0 aromatic heterocycles. The molecule has 0 fully saturated rings. The number of aliphatic imine (C=N–C) groups is 1. The molecule has 0 radical (unpaired) electrons. The van der Waals surface area contributed by atoms with Crippen molar-refractivity contribution in [1.29, 1.82) is 0 Å². The van der Waals surface area contributed by atoms with E-state index in [1.54, 1.807) is 0 Å². The summed E-state index contributed by atoms with van der Waals surface area (Å²) < 4.78 is 42.0. The maximum atomic E-state index is 11.8. The molecule has 0 saturated carbocycles. The van der Waals surface area contributed by atoms with Crippen LogP contribution in [0.2, 0.25) is 0 Å². The van der Waals surface area contributed by atoms with Crippen LogP contribution in [-0.2, 0) is 0 Å². The number of ether oxygens (including phenoxy) is 1. The monoisotopic (exact) mass is 345 g/mol. The summed E-state index contributed by atoms with van der Waals surface area (Å²) in [6, 6.07) is 3.74. The first-order chi connectivity index (χ1) is 6.92. The van der Waals surface area contributed by atoms with Crippen LogP contribution >= 0.6 is 15.9 Å². The molecule has 0 aliphatic rings. The van der Waals surface area contributed by atoms with Crippen LogP contribution < -0.4 is 4.74 Å². The van der Waals surface area contributed by atoms with Crippen molar-refractivity contribution in [2.24, 2.45) is 4.99 Å². The van der Waals surface area contributed by atoms with Crippen molar-refractivity contribution in [2.45, 2.75) is 6.36 Å². The molecule has 15 heavy (non-hydrogen) atoms. The quantitative estimate of drug-likeness (QED) is 0.597. The van der Waals surface area contributed by atoms with Gasteiger partial charge in [0.2, 0.25) is 0 Å². The van der Waals surface area contributed by atoms with Gasteiger partial charge in [-0.05, 0) is 0 Å². The maximum absolute atomic E-state index is 11.8. The van der Waals surface area contributed by atoms with E-state index in [-0.39, 0.29) is 5.75 Å². The van der Waals surface area contributed by atoms with Crippen LogP contribution in [0, 0.1) is 0 Å². The molecule has 0 bridgehead atoms. The Labute approximate surface area is 99.6 Å². The summed E-state index contributed by atoms with van der Waals surface area (Å²) in [6.45, 7) is 0. The second-order valence-electron chi connectivity index (χ2n) is 2.36. The summed E-state index contributed by atoms with van der Waals surface area (Å²) in [5, 5.41) is 0. The van der Waals surface area contributed by atoms with Crippen LogP contribution in [-0.4, -0.2) is 26.7 Å². The second kappa shape index (κ2) is 4.94. The van der Waals surface area contributed by atoms with Gasteiger partial charge in [-0.3, -0.25) is 0 Å². The number of alkyl halides is 3. The molecular formula is C8H3BrF3NOSe. The van der Waals surface area contributed by atoms with Crippen LogP contribution in [0.3, 0.4) is 0 Å². The van der Waals surface area contributed by atoms with Gasteiger partial charge < -0.3 is 0 Å². The molecule has 0 spiro atoms. The van der Waals surface area contributed by atoms with Crippen LogP contribution in [0.4, 0.5) is 18.9 Å². The molecular weight excluding hydrogens is 342 g/mol. The molecule has 1 aromatic carbocycles. The Kier molecular flexibility index (Phi) is 4.11. The Morgan fingerprint density at radius 2 is 2.07 bits per heavy atom. The van der Waals surface area contributed by atoms with Gasteiger partial charge in [0, 0.05) is 0 Å². The number of hydrogen-bond donors (Lipinski definition) is 0. The van der Waals surface area contributed by atoms with Crippen LogP contribution in [0.25, 0.3) is 0 Å². The predicted octanol–water partition coefficient (Wildman–Crippen LogP) is 3.05. The van der Waals surface area contributed by atoms with E-state index >= 15 is 0 Å². The Morgan fingerprint density at radius 3 is 2.53 bits per heavy atom. The molecule has 2 nitrogen and oxygen atoms in total. The third-order valence-corrected chi connectivity index (χ3v) is 2.15. The Morgan fingerprint density at radius 1 is 1.40 bits per heavy atom. The minimum atomic E-state index is -4.69. The van der Waals surface area contributed by atoms with Crippen LogP contribution in [0.5, 0.6) is 5.75 Å². The van der Waals surface area contributed by atoms with Gasteiger partial charge in [0.15, 0.2) is 0 Å². The first kappa shape index (κ1) is 12.5. The molecule has 0 unspecified atom stereocenters. The Balaban J connectivity index is 2.96. The van der Waals surface area contributed by atoms with Crippen molar-refractivity contribution in [2.75, 3.05) is 0 Å². The van der Waals surface area contributed by atoms with Gasteiger partial charge in [0.05, 0.1) is 0 Å². The predicted molar refractivity (Wildman–Crippen MR) is 53.7 cm³/mol. The average molecular weight is 345 g/mol. The summed E-state index contributed by atoms with van der Waals surface area (Å²) >= 11 is 5.48. The number of benzene rings is 1. The zero-order valence-electron chi connectivity index (χ0n) is 7.01. The molecule has 1 aromatic rings. The summed E-state index contributed by atoms with van der Waals surface area (Å²) in [5.41, 5.74) is 0.461. The van der Waals surface area contributed by atoms with E-state index < -0.39 is 6.36 Å². The number of rotatable bonds is 2. The van der Waals surface area contributed by atoms with E-state index in [4.69, 9.17) is 0 Å². The third kappa shape index (κ3) is 4.18. The topological polar surface area (TPSA) is 21.6 Å². The van der Waals surface area contributed by atoms with E-state index in [2.05, 4.69) is 45.9 Å². The van der Waals surface area contributed by atoms with Gasteiger partial charge in [-0.15, -0.1) is 0 Å². The standard InChI is InChI=1S/C8H3BrF3NOSe/c9-6-3-5(14-8(10,11)12)1-2-7(6)13-4-15/h1-3H. The average Bonchev–Trinajstić information content (AvgIpc) is 2.07. The van der Waals surface area contributed by atoms with Crippen molar-refractivity contribution in [1.82, 2.24) is 0 Å². The summed E-state index contributed by atoms with van der Waals surface area (Å²) in [7, 11) is 0. The Bertz CT molecular complexity index is 415. The first-order valence-electron chi connectivity index (χ1n) is 3.55. The number of hydrogen-bond acceptors (Lipinski definition) is 2. The van der Waals surface area contributed by atoms with Gasteiger partial charge in [0.1, 0.15) is 0 Å².